The maximum atomic E-state index is 13.2. The maximum absolute atomic E-state index is 13.2. The molecule has 2 heterocycles. The second-order valence-electron chi connectivity index (χ2n) is 7.70. The van der Waals surface area contributed by atoms with Gasteiger partial charge in [-0.1, -0.05) is 17.4 Å². The number of aryl methyl sites for hydroxylation is 1. The molecule has 0 bridgehead atoms. The van der Waals surface area contributed by atoms with Crippen LogP contribution in [-0.2, 0) is 21.4 Å². The summed E-state index contributed by atoms with van der Waals surface area (Å²) in [6, 6.07) is 11.4. The first kappa shape index (κ1) is 23.1. The van der Waals surface area contributed by atoms with Crippen molar-refractivity contribution >= 4 is 49.1 Å². The molecule has 1 fully saturated rings. The fraction of sp³-hybridized carbons (Fsp3) is 0.318. The van der Waals surface area contributed by atoms with E-state index in [0.717, 1.165) is 16.9 Å². The van der Waals surface area contributed by atoms with Crippen molar-refractivity contribution in [3.05, 3.63) is 57.7 Å². The van der Waals surface area contributed by atoms with Gasteiger partial charge in [0, 0.05) is 50.9 Å². The van der Waals surface area contributed by atoms with E-state index in [1.165, 1.54) is 17.3 Å². The standard InChI is InChI=1S/C22H24N4O5S2/c1-3-26-19-8-7-18(14-20(19)32-22(26)29)33(30,31)25-11-9-24(10-12-25)21(28)16-5-4-6-17(13-16)23-15(2)27/h4-8,13-14H,3,9-12H2,1-2H3,(H,23,27). The van der Waals surface area contributed by atoms with Crippen molar-refractivity contribution in [3.63, 3.8) is 0 Å². The average Bonchev–Trinajstić information content (AvgIpc) is 3.12. The number of piperazine rings is 1. The Labute approximate surface area is 195 Å². The maximum Gasteiger partial charge on any atom is 0.308 e. The van der Waals surface area contributed by atoms with E-state index in [-0.39, 0.29) is 47.8 Å². The van der Waals surface area contributed by atoms with Crippen LogP contribution in [-0.4, -0.2) is 60.2 Å². The van der Waals surface area contributed by atoms with E-state index in [1.807, 2.05) is 6.92 Å². The molecule has 0 saturated carbocycles. The summed E-state index contributed by atoms with van der Waals surface area (Å²) in [5.41, 5.74) is 1.69. The molecular formula is C22H24N4O5S2. The number of benzene rings is 2. The van der Waals surface area contributed by atoms with E-state index in [0.29, 0.717) is 22.5 Å². The lowest BCUT2D eigenvalue weighted by Crippen LogP contribution is -2.50. The second kappa shape index (κ2) is 9.08. The van der Waals surface area contributed by atoms with Gasteiger partial charge < -0.3 is 10.2 Å². The fourth-order valence-corrected chi connectivity index (χ4v) is 6.42. The van der Waals surface area contributed by atoms with E-state index in [9.17, 15) is 22.8 Å². The van der Waals surface area contributed by atoms with Crippen LogP contribution in [0.15, 0.2) is 52.2 Å². The normalized spacial score (nSPS) is 15.0. The molecule has 1 aliphatic heterocycles. The monoisotopic (exact) mass is 488 g/mol. The molecule has 0 aliphatic carbocycles. The van der Waals surface area contributed by atoms with Gasteiger partial charge in [-0.15, -0.1) is 0 Å². The van der Waals surface area contributed by atoms with Crippen molar-refractivity contribution in [2.75, 3.05) is 31.5 Å². The summed E-state index contributed by atoms with van der Waals surface area (Å²) < 4.78 is 30.0. The third-order valence-corrected chi connectivity index (χ3v) is 8.39. The third kappa shape index (κ3) is 4.56. The number of thiazole rings is 1. The van der Waals surface area contributed by atoms with Gasteiger partial charge in [0.2, 0.25) is 15.9 Å². The lowest BCUT2D eigenvalue weighted by Gasteiger charge is -2.34. The van der Waals surface area contributed by atoms with Crippen LogP contribution in [0.3, 0.4) is 0 Å². The molecule has 33 heavy (non-hydrogen) atoms. The third-order valence-electron chi connectivity index (χ3n) is 5.55. The molecule has 0 unspecified atom stereocenters. The van der Waals surface area contributed by atoms with Crippen LogP contribution < -0.4 is 10.2 Å². The van der Waals surface area contributed by atoms with E-state index < -0.39 is 10.0 Å². The largest absolute Gasteiger partial charge is 0.336 e. The molecule has 1 aromatic heterocycles. The Kier molecular flexibility index (Phi) is 6.37. The quantitative estimate of drug-likeness (QED) is 0.592. The smallest absolute Gasteiger partial charge is 0.308 e. The number of aromatic nitrogens is 1. The molecule has 0 atom stereocenters. The first-order chi connectivity index (χ1) is 15.7. The van der Waals surface area contributed by atoms with Crippen LogP contribution >= 0.6 is 11.3 Å². The zero-order valence-electron chi connectivity index (χ0n) is 18.3. The van der Waals surface area contributed by atoms with Gasteiger partial charge in [0.05, 0.1) is 15.1 Å². The van der Waals surface area contributed by atoms with Gasteiger partial charge in [-0.25, -0.2) is 8.42 Å². The van der Waals surface area contributed by atoms with Crippen LogP contribution in [0, 0.1) is 0 Å². The zero-order chi connectivity index (χ0) is 23.8. The Bertz CT molecular complexity index is 1390. The highest BCUT2D eigenvalue weighted by Crippen LogP contribution is 2.25. The van der Waals surface area contributed by atoms with Gasteiger partial charge in [-0.2, -0.15) is 4.31 Å². The number of amides is 2. The molecule has 1 saturated heterocycles. The number of carbonyl (C=O) groups excluding carboxylic acids is 2. The number of fused-ring (bicyclic) bond motifs is 1. The SMILES string of the molecule is CCn1c(=O)sc2cc(S(=O)(=O)N3CCN(C(=O)c4cccc(NC(C)=O)c4)CC3)ccc21. The van der Waals surface area contributed by atoms with Crippen molar-refractivity contribution in [2.45, 2.75) is 25.3 Å². The molecule has 9 nitrogen and oxygen atoms in total. The van der Waals surface area contributed by atoms with Crippen LogP contribution in [0.25, 0.3) is 10.2 Å². The Hall–Kier alpha value is -3.02. The van der Waals surface area contributed by atoms with Crippen LogP contribution in [0.1, 0.15) is 24.2 Å². The molecule has 1 N–H and O–H groups in total. The van der Waals surface area contributed by atoms with Crippen molar-refractivity contribution < 1.29 is 18.0 Å². The van der Waals surface area contributed by atoms with Crippen LogP contribution in [0.2, 0.25) is 0 Å². The van der Waals surface area contributed by atoms with Gasteiger partial charge in [0.25, 0.3) is 5.91 Å². The second-order valence-corrected chi connectivity index (χ2v) is 10.6. The molecule has 174 valence electrons. The molecule has 3 aromatic rings. The van der Waals surface area contributed by atoms with Crippen molar-refractivity contribution in [1.82, 2.24) is 13.8 Å². The Morgan fingerprint density at radius 3 is 2.45 bits per heavy atom. The summed E-state index contributed by atoms with van der Waals surface area (Å²) in [5, 5.41) is 2.65. The minimum absolute atomic E-state index is 0.114. The lowest BCUT2D eigenvalue weighted by atomic mass is 10.1. The summed E-state index contributed by atoms with van der Waals surface area (Å²) in [4.78, 5) is 37.9. The number of carbonyl (C=O) groups is 2. The number of nitrogens with zero attached hydrogens (tertiary/aromatic N) is 3. The van der Waals surface area contributed by atoms with Crippen molar-refractivity contribution in [3.8, 4) is 0 Å². The molecule has 2 amide bonds. The van der Waals surface area contributed by atoms with Crippen LogP contribution in [0.4, 0.5) is 5.69 Å². The van der Waals surface area contributed by atoms with Gasteiger partial charge in [0.1, 0.15) is 0 Å². The van der Waals surface area contributed by atoms with E-state index in [1.54, 1.807) is 45.9 Å². The Morgan fingerprint density at radius 2 is 1.79 bits per heavy atom. The minimum atomic E-state index is -3.75. The zero-order valence-corrected chi connectivity index (χ0v) is 19.9. The summed E-state index contributed by atoms with van der Waals surface area (Å²) in [7, 11) is -3.75. The summed E-state index contributed by atoms with van der Waals surface area (Å²) in [6.07, 6.45) is 0. The molecule has 2 aromatic carbocycles. The highest BCUT2D eigenvalue weighted by atomic mass is 32.2. The van der Waals surface area contributed by atoms with E-state index >= 15 is 0 Å². The average molecular weight is 489 g/mol. The minimum Gasteiger partial charge on any atom is -0.336 e. The number of nitrogens with one attached hydrogen (secondary N) is 1. The predicted octanol–water partition coefficient (Wildman–Crippen LogP) is 2.19. The highest BCUT2D eigenvalue weighted by Gasteiger charge is 2.31. The van der Waals surface area contributed by atoms with Crippen molar-refractivity contribution in [2.24, 2.45) is 0 Å². The molecule has 0 spiro atoms. The topological polar surface area (TPSA) is 109 Å². The molecule has 1 aliphatic rings. The van der Waals surface area contributed by atoms with Crippen molar-refractivity contribution in [1.29, 1.82) is 0 Å². The first-order valence-electron chi connectivity index (χ1n) is 10.5. The number of anilines is 1. The number of hydrogen-bond acceptors (Lipinski definition) is 6. The van der Waals surface area contributed by atoms with E-state index in [4.69, 9.17) is 0 Å². The number of rotatable bonds is 5. The lowest BCUT2D eigenvalue weighted by molar-refractivity contribution is -0.114. The summed E-state index contributed by atoms with van der Waals surface area (Å²) >= 11 is 1.03. The van der Waals surface area contributed by atoms with Gasteiger partial charge in [0.15, 0.2) is 0 Å². The fourth-order valence-electron chi connectivity index (χ4n) is 3.90. The molecular weight excluding hydrogens is 464 g/mol. The summed E-state index contributed by atoms with van der Waals surface area (Å²) in [6.45, 7) is 4.64. The molecule has 0 radical (unpaired) electrons. The highest BCUT2D eigenvalue weighted by molar-refractivity contribution is 7.89. The van der Waals surface area contributed by atoms with Crippen LogP contribution in [0.5, 0.6) is 0 Å². The van der Waals surface area contributed by atoms with E-state index in [2.05, 4.69) is 5.32 Å². The molecule has 4 rings (SSSR count). The first-order valence-corrected chi connectivity index (χ1v) is 12.8. The predicted molar refractivity (Wildman–Crippen MR) is 127 cm³/mol. The number of sulfonamides is 1. The van der Waals surface area contributed by atoms with Gasteiger partial charge >= 0.3 is 4.87 Å². The molecule has 11 heteroatoms. The summed E-state index contributed by atoms with van der Waals surface area (Å²) in [5.74, 6) is -0.443. The Morgan fingerprint density at radius 1 is 1.06 bits per heavy atom. The van der Waals surface area contributed by atoms with Gasteiger partial charge in [-0.05, 0) is 43.3 Å². The number of hydrogen-bond donors (Lipinski definition) is 1. The van der Waals surface area contributed by atoms with Gasteiger partial charge in [-0.3, -0.25) is 19.0 Å². The Balaban J connectivity index is 1.48.